The monoisotopic (exact) mass is 334 g/mol. The van der Waals surface area contributed by atoms with Crippen molar-refractivity contribution in [2.45, 2.75) is 6.10 Å². The van der Waals surface area contributed by atoms with E-state index in [-0.39, 0.29) is 12.1 Å². The molecule has 6 heteroatoms. The quantitative estimate of drug-likeness (QED) is 0.720. The van der Waals surface area contributed by atoms with Gasteiger partial charge in [0.1, 0.15) is 6.10 Å². The minimum absolute atomic E-state index is 0.145. The highest BCUT2D eigenvalue weighted by atomic mass is 16.5. The van der Waals surface area contributed by atoms with Crippen LogP contribution in [0.4, 0.5) is 0 Å². The van der Waals surface area contributed by atoms with Gasteiger partial charge in [-0.15, -0.1) is 0 Å². The van der Waals surface area contributed by atoms with Crippen LogP contribution in [0.5, 0.6) is 0 Å². The Morgan fingerprint density at radius 3 is 1.92 bits per heavy atom. The molecule has 0 atom stereocenters. The summed E-state index contributed by atoms with van der Waals surface area (Å²) in [6.07, 6.45) is -0.145. The van der Waals surface area contributed by atoms with Crippen molar-refractivity contribution in [3.8, 4) is 0 Å². The largest absolute Gasteiger partial charge is 0.456 e. The molecule has 0 aromatic heterocycles. The third kappa shape index (κ3) is 5.27. The summed E-state index contributed by atoms with van der Waals surface area (Å²) in [6, 6.07) is 9.20. The number of rotatable bonds is 6. The second kappa shape index (κ2) is 9.13. The fourth-order valence-electron chi connectivity index (χ4n) is 3.07. The summed E-state index contributed by atoms with van der Waals surface area (Å²) >= 11 is 0. The van der Waals surface area contributed by atoms with Crippen LogP contribution in [-0.2, 0) is 14.2 Å². The van der Waals surface area contributed by atoms with E-state index in [0.29, 0.717) is 5.56 Å². The van der Waals surface area contributed by atoms with E-state index in [1.807, 2.05) is 18.2 Å². The van der Waals surface area contributed by atoms with Crippen LogP contribution < -0.4 is 0 Å². The molecule has 24 heavy (non-hydrogen) atoms. The maximum atomic E-state index is 12.4. The predicted octanol–water partition coefficient (Wildman–Crippen LogP) is 0.876. The highest BCUT2D eigenvalue weighted by molar-refractivity contribution is 5.89. The number of carbonyl (C=O) groups is 1. The third-order valence-corrected chi connectivity index (χ3v) is 4.41. The van der Waals surface area contributed by atoms with E-state index in [1.165, 1.54) is 0 Å². The van der Waals surface area contributed by atoms with Crippen LogP contribution in [0.1, 0.15) is 10.4 Å². The zero-order chi connectivity index (χ0) is 16.6. The van der Waals surface area contributed by atoms with Gasteiger partial charge < -0.3 is 14.2 Å². The first-order chi connectivity index (χ1) is 11.8. The number of carbonyl (C=O) groups excluding carboxylic acids is 1. The molecule has 2 fully saturated rings. The molecule has 0 unspecified atom stereocenters. The molecule has 0 bridgehead atoms. The number of benzene rings is 1. The van der Waals surface area contributed by atoms with Gasteiger partial charge in [0.05, 0.1) is 32.0 Å². The summed E-state index contributed by atoms with van der Waals surface area (Å²) in [5.74, 6) is -0.248. The Morgan fingerprint density at radius 1 is 0.917 bits per heavy atom. The van der Waals surface area contributed by atoms with Crippen molar-refractivity contribution < 1.29 is 19.0 Å². The van der Waals surface area contributed by atoms with Gasteiger partial charge in [-0.1, -0.05) is 18.2 Å². The molecule has 3 rings (SSSR count). The lowest BCUT2D eigenvalue weighted by atomic mass is 10.2. The second-order valence-corrected chi connectivity index (χ2v) is 6.22. The first kappa shape index (κ1) is 17.4. The molecule has 2 aliphatic heterocycles. The lowest BCUT2D eigenvalue weighted by Crippen LogP contribution is -2.48. The Labute approximate surface area is 143 Å². The van der Waals surface area contributed by atoms with E-state index >= 15 is 0 Å². The average molecular weight is 334 g/mol. The Balaban J connectivity index is 1.60. The van der Waals surface area contributed by atoms with Crippen LogP contribution in [0.2, 0.25) is 0 Å². The normalized spacial score (nSPS) is 20.2. The lowest BCUT2D eigenvalue weighted by molar-refractivity contribution is -0.0262. The van der Waals surface area contributed by atoms with Crippen molar-refractivity contribution in [3.63, 3.8) is 0 Å². The number of nitrogens with zero attached hydrogens (tertiary/aromatic N) is 2. The van der Waals surface area contributed by atoms with Gasteiger partial charge >= 0.3 is 5.97 Å². The minimum atomic E-state index is -0.248. The molecular formula is C18H26N2O4. The standard InChI is InChI=1S/C18H26N2O4/c21-18(16-4-2-1-3-5-16)24-17(14-19-6-10-22-11-7-19)15-20-8-12-23-13-9-20/h1-5,17H,6-15H2. The summed E-state index contributed by atoms with van der Waals surface area (Å²) in [5, 5.41) is 0. The van der Waals surface area contributed by atoms with Gasteiger partial charge in [0, 0.05) is 39.3 Å². The van der Waals surface area contributed by atoms with E-state index in [1.54, 1.807) is 12.1 Å². The molecule has 0 aliphatic carbocycles. The molecule has 2 heterocycles. The summed E-state index contributed by atoms with van der Waals surface area (Å²) in [6.45, 7) is 8.05. The van der Waals surface area contributed by atoms with Crippen LogP contribution in [0, 0.1) is 0 Å². The van der Waals surface area contributed by atoms with E-state index in [9.17, 15) is 4.79 Å². The van der Waals surface area contributed by atoms with Gasteiger partial charge in [-0.25, -0.2) is 4.79 Å². The van der Waals surface area contributed by atoms with Crippen molar-refractivity contribution in [2.75, 3.05) is 65.7 Å². The maximum Gasteiger partial charge on any atom is 0.338 e. The first-order valence-corrected chi connectivity index (χ1v) is 8.67. The van der Waals surface area contributed by atoms with Crippen molar-refractivity contribution in [3.05, 3.63) is 35.9 Å². The number of hydrogen-bond donors (Lipinski definition) is 0. The Hall–Kier alpha value is -1.47. The first-order valence-electron chi connectivity index (χ1n) is 8.67. The third-order valence-electron chi connectivity index (χ3n) is 4.41. The fraction of sp³-hybridized carbons (Fsp3) is 0.611. The Kier molecular flexibility index (Phi) is 6.60. The molecule has 2 saturated heterocycles. The van der Waals surface area contributed by atoms with Gasteiger partial charge in [-0.2, -0.15) is 0 Å². The summed E-state index contributed by atoms with van der Waals surface area (Å²) in [4.78, 5) is 17.1. The van der Waals surface area contributed by atoms with Gasteiger partial charge in [0.25, 0.3) is 0 Å². The second-order valence-electron chi connectivity index (χ2n) is 6.22. The number of ether oxygens (including phenoxy) is 3. The summed E-state index contributed by atoms with van der Waals surface area (Å²) in [7, 11) is 0. The van der Waals surface area contributed by atoms with Crippen LogP contribution in [0.3, 0.4) is 0 Å². The minimum Gasteiger partial charge on any atom is -0.456 e. The van der Waals surface area contributed by atoms with Gasteiger partial charge in [0.15, 0.2) is 0 Å². The van der Waals surface area contributed by atoms with E-state index in [0.717, 1.165) is 65.7 Å². The average Bonchev–Trinajstić information content (AvgIpc) is 2.64. The highest BCUT2D eigenvalue weighted by Crippen LogP contribution is 2.09. The smallest absolute Gasteiger partial charge is 0.338 e. The van der Waals surface area contributed by atoms with Crippen LogP contribution in [0.15, 0.2) is 30.3 Å². The van der Waals surface area contributed by atoms with Crippen molar-refractivity contribution in [1.29, 1.82) is 0 Å². The molecule has 1 aromatic carbocycles. The number of esters is 1. The van der Waals surface area contributed by atoms with Crippen molar-refractivity contribution in [1.82, 2.24) is 9.80 Å². The van der Waals surface area contributed by atoms with Crippen molar-refractivity contribution in [2.24, 2.45) is 0 Å². The molecule has 0 spiro atoms. The number of morpholine rings is 2. The molecular weight excluding hydrogens is 308 g/mol. The van der Waals surface area contributed by atoms with E-state index in [4.69, 9.17) is 14.2 Å². The number of hydrogen-bond acceptors (Lipinski definition) is 6. The molecule has 1 aromatic rings. The lowest BCUT2D eigenvalue weighted by Gasteiger charge is -2.34. The predicted molar refractivity (Wildman–Crippen MR) is 90.2 cm³/mol. The van der Waals surface area contributed by atoms with Crippen LogP contribution >= 0.6 is 0 Å². The SMILES string of the molecule is O=C(OC(CN1CCOCC1)CN1CCOCC1)c1ccccc1. The zero-order valence-corrected chi connectivity index (χ0v) is 14.1. The Bertz CT molecular complexity index is 479. The highest BCUT2D eigenvalue weighted by Gasteiger charge is 2.24. The van der Waals surface area contributed by atoms with Crippen molar-refractivity contribution >= 4 is 5.97 Å². The molecule has 0 N–H and O–H groups in total. The maximum absolute atomic E-state index is 12.4. The molecule has 132 valence electrons. The van der Waals surface area contributed by atoms with Gasteiger partial charge in [-0.05, 0) is 12.1 Å². The van der Waals surface area contributed by atoms with E-state index < -0.39 is 0 Å². The molecule has 6 nitrogen and oxygen atoms in total. The van der Waals surface area contributed by atoms with E-state index in [2.05, 4.69) is 9.80 Å². The Morgan fingerprint density at radius 2 is 1.42 bits per heavy atom. The van der Waals surface area contributed by atoms with Gasteiger partial charge in [-0.3, -0.25) is 9.80 Å². The zero-order valence-electron chi connectivity index (χ0n) is 14.1. The summed E-state index contributed by atoms with van der Waals surface area (Å²) < 4.78 is 16.6. The molecule has 2 aliphatic rings. The van der Waals surface area contributed by atoms with Gasteiger partial charge in [0.2, 0.25) is 0 Å². The topological polar surface area (TPSA) is 51.2 Å². The fourth-order valence-corrected chi connectivity index (χ4v) is 3.07. The van der Waals surface area contributed by atoms with Crippen LogP contribution in [0.25, 0.3) is 0 Å². The molecule has 0 radical (unpaired) electrons. The molecule has 0 saturated carbocycles. The summed E-state index contributed by atoms with van der Waals surface area (Å²) in [5.41, 5.74) is 0.603. The molecule has 0 amide bonds. The van der Waals surface area contributed by atoms with Crippen LogP contribution in [-0.4, -0.2) is 87.6 Å².